The Hall–Kier alpha value is -1.02. The van der Waals surface area contributed by atoms with Gasteiger partial charge in [0.25, 0.3) is 0 Å². The Morgan fingerprint density at radius 3 is 2.57 bits per heavy atom. The van der Waals surface area contributed by atoms with Gasteiger partial charge in [-0.25, -0.2) is 0 Å². The first kappa shape index (κ1) is 16.4. The second-order valence-electron chi connectivity index (χ2n) is 7.44. The van der Waals surface area contributed by atoms with Crippen molar-refractivity contribution in [3.63, 3.8) is 0 Å². The number of nitrogens with two attached hydrogens (primary N) is 1. The summed E-state index contributed by atoms with van der Waals surface area (Å²) in [4.78, 5) is 0. The third-order valence-electron chi connectivity index (χ3n) is 5.14. The van der Waals surface area contributed by atoms with Crippen LogP contribution in [0.2, 0.25) is 0 Å². The lowest BCUT2D eigenvalue weighted by Crippen LogP contribution is -2.43. The van der Waals surface area contributed by atoms with E-state index in [9.17, 15) is 0 Å². The molecule has 2 nitrogen and oxygen atoms in total. The number of hydrogen-bond donors (Lipinski definition) is 1. The fourth-order valence-electron chi connectivity index (χ4n) is 3.82. The molecule has 0 aromatic heterocycles. The fourth-order valence-corrected chi connectivity index (χ4v) is 3.82. The highest BCUT2D eigenvalue weighted by Crippen LogP contribution is 2.42. The predicted octanol–water partition coefficient (Wildman–Crippen LogP) is 4.64. The third-order valence-corrected chi connectivity index (χ3v) is 5.14. The molecule has 1 aromatic rings. The molecule has 0 saturated heterocycles. The number of ether oxygens (including phenoxy) is 1. The lowest BCUT2D eigenvalue weighted by atomic mass is 9.65. The molecule has 0 spiro atoms. The van der Waals surface area contributed by atoms with Crippen LogP contribution >= 0.6 is 0 Å². The highest BCUT2D eigenvalue weighted by atomic mass is 16.5. The molecule has 0 radical (unpaired) electrons. The molecule has 1 saturated carbocycles. The van der Waals surface area contributed by atoms with Crippen LogP contribution in [-0.2, 0) is 0 Å². The molecular formula is C19H31NO. The minimum atomic E-state index is 0.319. The molecule has 0 amide bonds. The molecule has 21 heavy (non-hydrogen) atoms. The summed E-state index contributed by atoms with van der Waals surface area (Å²) < 4.78 is 5.80. The molecule has 118 valence electrons. The Morgan fingerprint density at radius 2 is 1.90 bits per heavy atom. The Labute approximate surface area is 130 Å². The van der Waals surface area contributed by atoms with E-state index in [0.717, 1.165) is 24.7 Å². The maximum atomic E-state index is 6.42. The van der Waals surface area contributed by atoms with E-state index in [1.807, 2.05) is 30.3 Å². The molecule has 1 aliphatic rings. The van der Waals surface area contributed by atoms with Gasteiger partial charge in [0.1, 0.15) is 5.75 Å². The zero-order chi connectivity index (χ0) is 15.3. The van der Waals surface area contributed by atoms with Gasteiger partial charge in [-0.05, 0) is 55.1 Å². The maximum Gasteiger partial charge on any atom is 0.119 e. The van der Waals surface area contributed by atoms with Crippen molar-refractivity contribution in [3.8, 4) is 5.75 Å². The van der Waals surface area contributed by atoms with Crippen LogP contribution in [0.3, 0.4) is 0 Å². The van der Waals surface area contributed by atoms with Crippen LogP contribution < -0.4 is 10.5 Å². The summed E-state index contributed by atoms with van der Waals surface area (Å²) >= 11 is 0. The molecule has 0 aliphatic heterocycles. The number of rotatable bonds is 6. The normalized spacial score (nSPS) is 26.6. The first-order valence-electron chi connectivity index (χ1n) is 8.42. The van der Waals surface area contributed by atoms with Gasteiger partial charge in [0.2, 0.25) is 0 Å². The zero-order valence-corrected chi connectivity index (χ0v) is 13.8. The average Bonchev–Trinajstić information content (AvgIpc) is 2.44. The van der Waals surface area contributed by atoms with E-state index in [2.05, 4.69) is 20.8 Å². The van der Waals surface area contributed by atoms with Crippen LogP contribution in [0.15, 0.2) is 30.3 Å². The van der Waals surface area contributed by atoms with E-state index in [4.69, 9.17) is 10.5 Å². The monoisotopic (exact) mass is 289 g/mol. The topological polar surface area (TPSA) is 35.2 Å². The van der Waals surface area contributed by atoms with Crippen molar-refractivity contribution >= 4 is 0 Å². The Balaban J connectivity index is 1.76. The van der Waals surface area contributed by atoms with Crippen molar-refractivity contribution in [3.05, 3.63) is 30.3 Å². The van der Waals surface area contributed by atoms with Gasteiger partial charge in [-0.1, -0.05) is 45.4 Å². The maximum absolute atomic E-state index is 6.42. The lowest BCUT2D eigenvalue weighted by Gasteiger charge is -2.43. The summed E-state index contributed by atoms with van der Waals surface area (Å²) in [5.41, 5.74) is 6.74. The standard InChI is InChI=1S/C19H31NO/c1-15-10-11-17(18(20)14-15)19(2,3)12-7-13-21-16-8-5-4-6-9-16/h4-6,8-9,15,17-18H,7,10-14,20H2,1-3H3. The number of para-hydroxylation sites is 1. The summed E-state index contributed by atoms with van der Waals surface area (Å²) in [7, 11) is 0. The average molecular weight is 289 g/mol. The van der Waals surface area contributed by atoms with Crippen LogP contribution in [0.5, 0.6) is 5.75 Å². The minimum absolute atomic E-state index is 0.319. The van der Waals surface area contributed by atoms with Crippen molar-refractivity contribution < 1.29 is 4.74 Å². The van der Waals surface area contributed by atoms with Crippen LogP contribution in [0, 0.1) is 17.3 Å². The fraction of sp³-hybridized carbons (Fsp3) is 0.684. The molecule has 0 bridgehead atoms. The van der Waals surface area contributed by atoms with Gasteiger partial charge in [-0.2, -0.15) is 0 Å². The van der Waals surface area contributed by atoms with Crippen LogP contribution in [0.1, 0.15) is 52.9 Å². The molecule has 2 rings (SSSR count). The van der Waals surface area contributed by atoms with Crippen molar-refractivity contribution in [2.24, 2.45) is 23.0 Å². The molecule has 1 fully saturated rings. The molecule has 2 heteroatoms. The van der Waals surface area contributed by atoms with Gasteiger partial charge in [-0.3, -0.25) is 0 Å². The van der Waals surface area contributed by atoms with E-state index in [-0.39, 0.29) is 0 Å². The Kier molecular flexibility index (Phi) is 5.69. The van der Waals surface area contributed by atoms with Gasteiger partial charge < -0.3 is 10.5 Å². The van der Waals surface area contributed by atoms with Crippen LogP contribution in [0.25, 0.3) is 0 Å². The largest absolute Gasteiger partial charge is 0.494 e. The first-order valence-corrected chi connectivity index (χ1v) is 8.42. The van der Waals surface area contributed by atoms with Gasteiger partial charge in [0, 0.05) is 6.04 Å². The molecule has 3 atom stereocenters. The minimum Gasteiger partial charge on any atom is -0.494 e. The number of hydrogen-bond acceptors (Lipinski definition) is 2. The molecule has 1 aliphatic carbocycles. The summed E-state index contributed by atoms with van der Waals surface area (Å²) in [5, 5.41) is 0. The number of benzene rings is 1. The van der Waals surface area contributed by atoms with Gasteiger partial charge in [-0.15, -0.1) is 0 Å². The summed E-state index contributed by atoms with van der Waals surface area (Å²) in [6.07, 6.45) is 6.10. The molecule has 0 heterocycles. The summed E-state index contributed by atoms with van der Waals surface area (Å²) in [6.45, 7) is 7.90. The summed E-state index contributed by atoms with van der Waals surface area (Å²) in [6, 6.07) is 10.5. The van der Waals surface area contributed by atoms with Crippen LogP contribution in [0.4, 0.5) is 0 Å². The Bertz CT molecular complexity index is 415. The molecule has 3 unspecified atom stereocenters. The van der Waals surface area contributed by atoms with Crippen molar-refractivity contribution in [2.75, 3.05) is 6.61 Å². The lowest BCUT2D eigenvalue weighted by molar-refractivity contribution is 0.0974. The van der Waals surface area contributed by atoms with Gasteiger partial charge in [0.15, 0.2) is 0 Å². The highest BCUT2D eigenvalue weighted by molar-refractivity contribution is 5.20. The third kappa shape index (κ3) is 4.74. The molecular weight excluding hydrogens is 258 g/mol. The van der Waals surface area contributed by atoms with E-state index >= 15 is 0 Å². The first-order chi connectivity index (χ1) is 9.99. The zero-order valence-electron chi connectivity index (χ0n) is 13.8. The van der Waals surface area contributed by atoms with Gasteiger partial charge >= 0.3 is 0 Å². The Morgan fingerprint density at radius 1 is 1.19 bits per heavy atom. The van der Waals surface area contributed by atoms with E-state index in [0.29, 0.717) is 17.4 Å². The highest BCUT2D eigenvalue weighted by Gasteiger charge is 2.36. The SMILES string of the molecule is CC1CCC(C(C)(C)CCCOc2ccccc2)C(N)C1. The van der Waals surface area contributed by atoms with E-state index in [1.165, 1.54) is 25.7 Å². The molecule has 2 N–H and O–H groups in total. The quantitative estimate of drug-likeness (QED) is 0.775. The predicted molar refractivity (Wildman–Crippen MR) is 89.4 cm³/mol. The van der Waals surface area contributed by atoms with Crippen LogP contribution in [-0.4, -0.2) is 12.6 Å². The molecule has 1 aromatic carbocycles. The van der Waals surface area contributed by atoms with E-state index in [1.54, 1.807) is 0 Å². The smallest absolute Gasteiger partial charge is 0.119 e. The van der Waals surface area contributed by atoms with Gasteiger partial charge in [0.05, 0.1) is 6.61 Å². The van der Waals surface area contributed by atoms with E-state index < -0.39 is 0 Å². The second kappa shape index (κ2) is 7.31. The van der Waals surface area contributed by atoms with Crippen molar-refractivity contribution in [2.45, 2.75) is 58.9 Å². The van der Waals surface area contributed by atoms with Crippen molar-refractivity contribution in [1.82, 2.24) is 0 Å². The van der Waals surface area contributed by atoms with Crippen molar-refractivity contribution in [1.29, 1.82) is 0 Å². The second-order valence-corrected chi connectivity index (χ2v) is 7.44. The summed E-state index contributed by atoms with van der Waals surface area (Å²) in [5.74, 6) is 2.43.